The number of halogens is 2. The molecule has 1 aromatic carbocycles. The molecule has 1 heterocycles. The van der Waals surface area contributed by atoms with Gasteiger partial charge in [-0.25, -0.2) is 9.37 Å². The summed E-state index contributed by atoms with van der Waals surface area (Å²) in [6.07, 6.45) is 8.45. The molecule has 5 nitrogen and oxygen atoms in total. The summed E-state index contributed by atoms with van der Waals surface area (Å²) in [5.74, 6) is 0.457. The van der Waals surface area contributed by atoms with Crippen LogP contribution < -0.4 is 16.0 Å². The Morgan fingerprint density at radius 1 is 1.12 bits per heavy atom. The van der Waals surface area contributed by atoms with Crippen LogP contribution in [0.2, 0.25) is 5.02 Å². The zero-order valence-electron chi connectivity index (χ0n) is 19.0. The lowest BCUT2D eigenvalue weighted by Crippen LogP contribution is -2.38. The molecule has 0 saturated heterocycles. The third-order valence-corrected chi connectivity index (χ3v) is 7.05. The van der Waals surface area contributed by atoms with Crippen molar-refractivity contribution < 1.29 is 9.13 Å². The highest BCUT2D eigenvalue weighted by Gasteiger charge is 2.36. The van der Waals surface area contributed by atoms with Crippen molar-refractivity contribution in [1.82, 2.24) is 10.3 Å². The predicted octanol–water partition coefficient (Wildman–Crippen LogP) is 5.71. The fourth-order valence-electron chi connectivity index (χ4n) is 4.29. The predicted molar refractivity (Wildman–Crippen MR) is 130 cm³/mol. The molecule has 0 aliphatic heterocycles. The first-order chi connectivity index (χ1) is 15.5. The first-order valence-corrected chi connectivity index (χ1v) is 12.0. The van der Waals surface area contributed by atoms with Gasteiger partial charge in [-0.2, -0.15) is 0 Å². The molecule has 2 fully saturated rings. The van der Waals surface area contributed by atoms with E-state index in [1.807, 2.05) is 12.1 Å². The van der Waals surface area contributed by atoms with Crippen LogP contribution in [0.1, 0.15) is 45.4 Å². The summed E-state index contributed by atoms with van der Waals surface area (Å²) in [5, 5.41) is 11.0. The number of methoxy groups -OCH3 is 1. The number of pyridine rings is 1. The van der Waals surface area contributed by atoms with Crippen molar-refractivity contribution in [3.63, 3.8) is 0 Å². The fourth-order valence-corrected chi connectivity index (χ4v) is 4.49. The number of nitrogens with zero attached hydrogens (tertiary/aromatic N) is 1. The molecule has 0 amide bonds. The van der Waals surface area contributed by atoms with Crippen molar-refractivity contribution in [2.75, 3.05) is 37.4 Å². The van der Waals surface area contributed by atoms with Crippen LogP contribution in [0.5, 0.6) is 0 Å². The molecule has 2 saturated carbocycles. The Labute approximate surface area is 195 Å². The average molecular weight is 461 g/mol. The summed E-state index contributed by atoms with van der Waals surface area (Å²) < 4.78 is 19.9. The molecule has 7 heteroatoms. The molecule has 3 N–H and O–H groups in total. The van der Waals surface area contributed by atoms with Crippen molar-refractivity contribution in [2.45, 2.75) is 57.5 Å². The quantitative estimate of drug-likeness (QED) is 0.396. The SMILES string of the molecule is COCCN[C@H]1CC[C@H](Nc2cc(-c3cc(NCC4(C)CC4)ccc3F)c(Cl)cn2)CC1. The average Bonchev–Trinajstić information content (AvgIpc) is 3.53. The molecule has 0 bridgehead atoms. The van der Waals surface area contributed by atoms with Gasteiger partial charge in [0.15, 0.2) is 0 Å². The maximum atomic E-state index is 14.7. The van der Waals surface area contributed by atoms with Crippen LogP contribution in [-0.4, -0.2) is 43.9 Å². The number of hydrogen-bond acceptors (Lipinski definition) is 5. The Kier molecular flexibility index (Phi) is 7.54. The van der Waals surface area contributed by atoms with E-state index in [2.05, 4.69) is 27.9 Å². The molecule has 4 rings (SSSR count). The van der Waals surface area contributed by atoms with Crippen LogP contribution >= 0.6 is 11.6 Å². The molecular weight excluding hydrogens is 427 g/mol. The number of anilines is 2. The van der Waals surface area contributed by atoms with Crippen molar-refractivity contribution in [1.29, 1.82) is 0 Å². The minimum atomic E-state index is -0.283. The zero-order chi connectivity index (χ0) is 22.6. The molecule has 2 aliphatic carbocycles. The third kappa shape index (κ3) is 6.12. The van der Waals surface area contributed by atoms with E-state index in [9.17, 15) is 4.39 Å². The van der Waals surface area contributed by atoms with Crippen LogP contribution in [0.3, 0.4) is 0 Å². The molecule has 2 aromatic rings. The number of benzene rings is 1. The van der Waals surface area contributed by atoms with E-state index in [-0.39, 0.29) is 5.82 Å². The van der Waals surface area contributed by atoms with Gasteiger partial charge in [0.1, 0.15) is 11.6 Å². The van der Waals surface area contributed by atoms with E-state index in [1.165, 1.54) is 18.9 Å². The van der Waals surface area contributed by atoms with E-state index in [0.29, 0.717) is 33.6 Å². The maximum Gasteiger partial charge on any atom is 0.131 e. The standard InChI is InChI=1S/C25H34ClFN4O/c1-25(9-10-25)16-30-19-7-8-23(27)21(13-19)20-14-24(29-15-22(20)26)31-18-5-3-17(4-6-18)28-11-12-32-2/h7-8,13-15,17-18,28,30H,3-6,9-12,16H2,1-2H3,(H,29,31)/t17-,18-. The molecule has 2 aliphatic rings. The van der Waals surface area contributed by atoms with Crippen molar-refractivity contribution in [2.24, 2.45) is 5.41 Å². The molecule has 0 unspecified atom stereocenters. The Morgan fingerprint density at radius 3 is 2.59 bits per heavy atom. The molecule has 0 atom stereocenters. The number of aromatic nitrogens is 1. The van der Waals surface area contributed by atoms with Crippen molar-refractivity contribution in [3.05, 3.63) is 41.3 Å². The smallest absolute Gasteiger partial charge is 0.131 e. The fraction of sp³-hybridized carbons (Fsp3) is 0.560. The lowest BCUT2D eigenvalue weighted by atomic mass is 9.91. The second-order valence-corrected chi connectivity index (χ2v) is 9.96. The van der Waals surface area contributed by atoms with Crippen LogP contribution in [-0.2, 0) is 4.74 Å². The number of rotatable bonds is 10. The maximum absolute atomic E-state index is 14.7. The minimum Gasteiger partial charge on any atom is -0.384 e. The third-order valence-electron chi connectivity index (χ3n) is 6.75. The Hall–Kier alpha value is -1.89. The highest BCUT2D eigenvalue weighted by atomic mass is 35.5. The van der Waals surface area contributed by atoms with Gasteiger partial charge in [0.05, 0.1) is 11.6 Å². The Morgan fingerprint density at radius 2 is 1.88 bits per heavy atom. The summed E-state index contributed by atoms with van der Waals surface area (Å²) >= 11 is 6.44. The van der Waals surface area contributed by atoms with E-state index < -0.39 is 0 Å². The molecule has 174 valence electrons. The number of nitrogens with one attached hydrogen (secondary N) is 3. The van der Waals surface area contributed by atoms with E-state index in [1.54, 1.807) is 19.4 Å². The van der Waals surface area contributed by atoms with Crippen LogP contribution in [0.15, 0.2) is 30.5 Å². The lowest BCUT2D eigenvalue weighted by Gasteiger charge is -2.30. The van der Waals surface area contributed by atoms with Crippen LogP contribution in [0.25, 0.3) is 11.1 Å². The second-order valence-electron chi connectivity index (χ2n) is 9.55. The first kappa shape index (κ1) is 23.3. The minimum absolute atomic E-state index is 0.283. The van der Waals surface area contributed by atoms with Gasteiger partial charge in [-0.05, 0) is 68.2 Å². The highest BCUT2D eigenvalue weighted by molar-refractivity contribution is 6.33. The Balaban J connectivity index is 1.41. The first-order valence-electron chi connectivity index (χ1n) is 11.6. The zero-order valence-corrected chi connectivity index (χ0v) is 19.8. The molecule has 32 heavy (non-hydrogen) atoms. The van der Waals surface area contributed by atoms with Gasteiger partial charge >= 0.3 is 0 Å². The van der Waals surface area contributed by atoms with Gasteiger partial charge < -0.3 is 20.7 Å². The molecule has 0 radical (unpaired) electrons. The van der Waals surface area contributed by atoms with Gasteiger partial charge in [0.25, 0.3) is 0 Å². The Bertz CT molecular complexity index is 913. The number of ether oxygens (including phenoxy) is 1. The van der Waals surface area contributed by atoms with Gasteiger partial charge in [0, 0.05) is 55.3 Å². The summed E-state index contributed by atoms with van der Waals surface area (Å²) in [6, 6.07) is 7.92. The summed E-state index contributed by atoms with van der Waals surface area (Å²) in [6.45, 7) is 4.80. The van der Waals surface area contributed by atoms with Gasteiger partial charge in [-0.15, -0.1) is 0 Å². The monoisotopic (exact) mass is 460 g/mol. The van der Waals surface area contributed by atoms with E-state index in [0.717, 1.165) is 56.9 Å². The topological polar surface area (TPSA) is 58.2 Å². The molecule has 0 spiro atoms. The van der Waals surface area contributed by atoms with Crippen LogP contribution in [0.4, 0.5) is 15.9 Å². The van der Waals surface area contributed by atoms with Gasteiger partial charge in [0.2, 0.25) is 0 Å². The van der Waals surface area contributed by atoms with Crippen molar-refractivity contribution in [3.8, 4) is 11.1 Å². The largest absolute Gasteiger partial charge is 0.384 e. The number of hydrogen-bond donors (Lipinski definition) is 3. The molecular formula is C25H34ClFN4O. The summed E-state index contributed by atoms with van der Waals surface area (Å²) in [5.41, 5.74) is 2.45. The van der Waals surface area contributed by atoms with E-state index >= 15 is 0 Å². The van der Waals surface area contributed by atoms with Gasteiger partial charge in [-0.3, -0.25) is 0 Å². The summed E-state index contributed by atoms with van der Waals surface area (Å²) in [7, 11) is 1.73. The summed E-state index contributed by atoms with van der Waals surface area (Å²) in [4.78, 5) is 4.45. The lowest BCUT2D eigenvalue weighted by molar-refractivity contribution is 0.191. The normalized spacial score (nSPS) is 21.9. The van der Waals surface area contributed by atoms with Crippen molar-refractivity contribution >= 4 is 23.1 Å². The second kappa shape index (κ2) is 10.4. The molecule has 1 aromatic heterocycles. The van der Waals surface area contributed by atoms with E-state index in [4.69, 9.17) is 16.3 Å². The van der Waals surface area contributed by atoms with Gasteiger partial charge in [-0.1, -0.05) is 18.5 Å². The van der Waals surface area contributed by atoms with Crippen LogP contribution in [0, 0.1) is 11.2 Å². The highest BCUT2D eigenvalue weighted by Crippen LogP contribution is 2.45.